The molecule has 28 heavy (non-hydrogen) atoms. The molecule has 2 fully saturated rings. The summed E-state index contributed by atoms with van der Waals surface area (Å²) in [6.07, 6.45) is 0.00840. The van der Waals surface area contributed by atoms with Crippen LogP contribution in [0.2, 0.25) is 39.3 Å². The third-order valence-corrected chi connectivity index (χ3v) is 6.15. The van der Waals surface area contributed by atoms with Crippen LogP contribution >= 0.6 is 0 Å². The van der Waals surface area contributed by atoms with Crippen LogP contribution in [0, 0.1) is 0 Å². The molecule has 3 rings (SSSR count). The minimum Gasteiger partial charge on any atom is -0.531 e. The number of hydrogen-bond acceptors (Lipinski definition) is 7. The summed E-state index contributed by atoms with van der Waals surface area (Å²) >= 11 is 0. The standard InChI is InChI=1S/C18H32N2O6Si2/c1-18(2)24-14-12(11-22-27(3,4)5)23-16(15(14)25-18)20-10-9-13(19-17(20)21)26-28(6,7)8/h9-10,12,14-16H,11H2,1-8H3. The summed E-state index contributed by atoms with van der Waals surface area (Å²) in [4.78, 5) is 16.8. The molecule has 10 heteroatoms. The second-order valence-corrected chi connectivity index (χ2v) is 18.7. The van der Waals surface area contributed by atoms with Gasteiger partial charge in [0.05, 0.1) is 6.61 Å². The van der Waals surface area contributed by atoms with E-state index >= 15 is 0 Å². The summed E-state index contributed by atoms with van der Waals surface area (Å²) < 4.78 is 31.6. The zero-order valence-corrected chi connectivity index (χ0v) is 20.0. The lowest BCUT2D eigenvalue weighted by Gasteiger charge is -2.26. The van der Waals surface area contributed by atoms with Crippen molar-refractivity contribution >= 4 is 16.6 Å². The first-order valence-electron chi connectivity index (χ1n) is 9.67. The zero-order chi connectivity index (χ0) is 20.9. The normalized spacial score (nSPS) is 29.7. The molecule has 0 N–H and O–H groups in total. The summed E-state index contributed by atoms with van der Waals surface area (Å²) in [6, 6.07) is 1.70. The summed E-state index contributed by atoms with van der Waals surface area (Å²) in [6.45, 7) is 16.6. The Balaban J connectivity index is 1.84. The van der Waals surface area contributed by atoms with Crippen molar-refractivity contribution in [3.05, 3.63) is 22.7 Å². The van der Waals surface area contributed by atoms with Crippen molar-refractivity contribution in [1.82, 2.24) is 9.55 Å². The van der Waals surface area contributed by atoms with Gasteiger partial charge in [-0.2, -0.15) is 4.98 Å². The first-order chi connectivity index (χ1) is 12.7. The largest absolute Gasteiger partial charge is 0.531 e. The molecule has 2 saturated heterocycles. The highest BCUT2D eigenvalue weighted by atomic mass is 28.4. The number of hydrogen-bond donors (Lipinski definition) is 0. The van der Waals surface area contributed by atoms with Gasteiger partial charge in [0.1, 0.15) is 18.3 Å². The van der Waals surface area contributed by atoms with Crippen LogP contribution in [0.1, 0.15) is 20.1 Å². The zero-order valence-electron chi connectivity index (χ0n) is 18.0. The Morgan fingerprint density at radius 3 is 2.32 bits per heavy atom. The van der Waals surface area contributed by atoms with Gasteiger partial charge in [-0.3, -0.25) is 4.57 Å². The van der Waals surface area contributed by atoms with Gasteiger partial charge in [-0.25, -0.2) is 4.79 Å². The average Bonchev–Trinajstić information content (AvgIpc) is 2.96. The SMILES string of the molecule is CC1(C)OC2C(CO[Si](C)(C)C)OC(n3ccc(O[Si](C)(C)C)nc3=O)C2O1. The van der Waals surface area contributed by atoms with Crippen molar-refractivity contribution in [3.63, 3.8) is 0 Å². The van der Waals surface area contributed by atoms with Crippen LogP contribution in [0.5, 0.6) is 5.88 Å². The summed E-state index contributed by atoms with van der Waals surface area (Å²) in [7, 11) is -3.57. The molecule has 4 atom stereocenters. The molecule has 8 nitrogen and oxygen atoms in total. The fourth-order valence-electron chi connectivity index (χ4n) is 3.31. The molecule has 158 valence electrons. The van der Waals surface area contributed by atoms with Crippen molar-refractivity contribution < 1.29 is 23.1 Å². The number of ether oxygens (including phenoxy) is 3. The van der Waals surface area contributed by atoms with Crippen LogP contribution in [0.4, 0.5) is 0 Å². The minimum atomic E-state index is -1.85. The number of rotatable bonds is 6. The molecule has 0 spiro atoms. The molecule has 0 amide bonds. The molecule has 0 aromatic carbocycles. The Morgan fingerprint density at radius 2 is 1.75 bits per heavy atom. The van der Waals surface area contributed by atoms with Gasteiger partial charge in [-0.1, -0.05) is 0 Å². The number of fused-ring (bicyclic) bond motifs is 1. The Morgan fingerprint density at radius 1 is 1.11 bits per heavy atom. The Labute approximate surface area is 168 Å². The van der Waals surface area contributed by atoms with E-state index in [9.17, 15) is 4.79 Å². The van der Waals surface area contributed by atoms with Gasteiger partial charge in [0.2, 0.25) is 14.2 Å². The first kappa shape index (κ1) is 21.7. The van der Waals surface area contributed by atoms with Crippen LogP contribution in [-0.2, 0) is 18.6 Å². The van der Waals surface area contributed by atoms with E-state index in [-0.39, 0.29) is 12.2 Å². The molecule has 0 saturated carbocycles. The van der Waals surface area contributed by atoms with E-state index in [0.717, 1.165) is 0 Å². The van der Waals surface area contributed by atoms with Gasteiger partial charge < -0.3 is 23.1 Å². The predicted octanol–water partition coefficient (Wildman–Crippen LogP) is 2.73. The second kappa shape index (κ2) is 7.33. The van der Waals surface area contributed by atoms with E-state index in [1.807, 2.05) is 33.5 Å². The Kier molecular flexibility index (Phi) is 5.67. The highest BCUT2D eigenvalue weighted by Gasteiger charge is 2.56. The number of nitrogens with zero attached hydrogens (tertiary/aromatic N) is 2. The predicted molar refractivity (Wildman–Crippen MR) is 110 cm³/mol. The summed E-state index contributed by atoms with van der Waals surface area (Å²) in [5.41, 5.74) is -0.431. The van der Waals surface area contributed by atoms with Gasteiger partial charge in [0.25, 0.3) is 0 Å². The molecule has 2 aliphatic heterocycles. The highest BCUT2D eigenvalue weighted by Crippen LogP contribution is 2.42. The van der Waals surface area contributed by atoms with Crippen LogP contribution < -0.4 is 10.1 Å². The van der Waals surface area contributed by atoms with Crippen molar-refractivity contribution in [2.24, 2.45) is 0 Å². The first-order valence-corrected chi connectivity index (χ1v) is 16.5. The van der Waals surface area contributed by atoms with E-state index < -0.39 is 40.4 Å². The topological polar surface area (TPSA) is 81.0 Å². The lowest BCUT2D eigenvalue weighted by atomic mass is 10.1. The average molecular weight is 429 g/mol. The molecule has 0 aliphatic carbocycles. The summed E-state index contributed by atoms with van der Waals surface area (Å²) in [5.74, 6) is -0.398. The Hall–Kier alpha value is -1.05. The van der Waals surface area contributed by atoms with Crippen molar-refractivity contribution in [1.29, 1.82) is 0 Å². The van der Waals surface area contributed by atoms with E-state index in [4.69, 9.17) is 23.1 Å². The fourth-order valence-corrected chi connectivity index (χ4v) is 4.72. The number of aromatic nitrogens is 2. The van der Waals surface area contributed by atoms with Gasteiger partial charge in [0, 0.05) is 12.3 Å². The minimum absolute atomic E-state index is 0.304. The monoisotopic (exact) mass is 428 g/mol. The van der Waals surface area contributed by atoms with Crippen LogP contribution in [0.15, 0.2) is 17.1 Å². The van der Waals surface area contributed by atoms with Gasteiger partial charge in [-0.15, -0.1) is 0 Å². The molecule has 2 aliphatic rings. The maximum atomic E-state index is 12.7. The second-order valence-electron chi connectivity index (χ2n) is 9.72. The molecule has 0 bridgehead atoms. The molecular weight excluding hydrogens is 396 g/mol. The molecule has 1 aromatic heterocycles. The van der Waals surface area contributed by atoms with Crippen LogP contribution in [0.3, 0.4) is 0 Å². The molecular formula is C18H32N2O6Si2. The van der Waals surface area contributed by atoms with Crippen molar-refractivity contribution in [2.75, 3.05) is 6.61 Å². The molecule has 0 radical (unpaired) electrons. The van der Waals surface area contributed by atoms with Crippen molar-refractivity contribution in [2.45, 2.75) is 83.5 Å². The maximum Gasteiger partial charge on any atom is 0.353 e. The highest BCUT2D eigenvalue weighted by molar-refractivity contribution is 6.70. The third-order valence-electron chi connectivity index (χ3n) is 4.30. The summed E-state index contributed by atoms with van der Waals surface area (Å²) in [5, 5.41) is 0. The van der Waals surface area contributed by atoms with E-state index in [0.29, 0.717) is 12.5 Å². The lowest BCUT2D eigenvalue weighted by Crippen LogP contribution is -2.37. The van der Waals surface area contributed by atoms with Gasteiger partial charge >= 0.3 is 5.69 Å². The molecule has 4 unspecified atom stereocenters. The molecule has 1 aromatic rings. The van der Waals surface area contributed by atoms with Crippen molar-refractivity contribution in [3.8, 4) is 5.88 Å². The lowest BCUT2D eigenvalue weighted by molar-refractivity contribution is -0.200. The smallest absolute Gasteiger partial charge is 0.353 e. The Bertz CT molecular complexity index is 771. The van der Waals surface area contributed by atoms with Crippen LogP contribution in [0.25, 0.3) is 0 Å². The van der Waals surface area contributed by atoms with Gasteiger partial charge in [0.15, 0.2) is 20.3 Å². The van der Waals surface area contributed by atoms with E-state index in [1.165, 1.54) is 4.57 Å². The van der Waals surface area contributed by atoms with E-state index in [2.05, 4.69) is 24.6 Å². The van der Waals surface area contributed by atoms with Crippen LogP contribution in [-0.4, -0.2) is 56.9 Å². The molecule has 3 heterocycles. The maximum absolute atomic E-state index is 12.7. The third kappa shape index (κ3) is 5.11. The fraction of sp³-hybridized carbons (Fsp3) is 0.778. The van der Waals surface area contributed by atoms with Gasteiger partial charge in [-0.05, 0) is 53.1 Å². The van der Waals surface area contributed by atoms with E-state index in [1.54, 1.807) is 12.3 Å². The quantitative estimate of drug-likeness (QED) is 0.644.